The molecule has 1 aromatic rings. The van der Waals surface area contributed by atoms with Gasteiger partial charge in [0.25, 0.3) is 0 Å². The molecule has 0 amide bonds. The lowest BCUT2D eigenvalue weighted by molar-refractivity contribution is 0.173. The minimum absolute atomic E-state index is 0.381. The average Bonchev–Trinajstić information content (AvgIpc) is 3.08. The van der Waals surface area contributed by atoms with Crippen LogP contribution in [0, 0.1) is 17.6 Å². The second-order valence-corrected chi connectivity index (χ2v) is 4.61. The van der Waals surface area contributed by atoms with Crippen LogP contribution in [0.1, 0.15) is 31.4 Å². The summed E-state index contributed by atoms with van der Waals surface area (Å²) in [6.07, 6.45) is 1.49. The number of rotatable bonds is 5. The lowest BCUT2D eigenvalue weighted by Crippen LogP contribution is -2.24. The molecule has 0 aliphatic heterocycles. The van der Waals surface area contributed by atoms with Gasteiger partial charge in [-0.2, -0.15) is 0 Å². The molecule has 0 heterocycles. The van der Waals surface area contributed by atoms with Crippen molar-refractivity contribution in [2.45, 2.75) is 31.9 Å². The number of hydrogen-bond acceptors (Lipinski definition) is 2. The van der Waals surface area contributed by atoms with E-state index >= 15 is 0 Å². The fraction of sp³-hybridized carbons (Fsp3) is 0.538. The van der Waals surface area contributed by atoms with Crippen molar-refractivity contribution in [3.8, 4) is 0 Å². The zero-order valence-electron chi connectivity index (χ0n) is 9.79. The van der Waals surface area contributed by atoms with E-state index in [-0.39, 0.29) is 0 Å². The van der Waals surface area contributed by atoms with Gasteiger partial charge in [0.2, 0.25) is 0 Å². The molecule has 3 unspecified atom stereocenters. The molecule has 2 nitrogen and oxygen atoms in total. The quantitative estimate of drug-likeness (QED) is 0.829. The van der Waals surface area contributed by atoms with E-state index in [9.17, 15) is 13.9 Å². The predicted molar refractivity (Wildman–Crippen MR) is 61.5 cm³/mol. The van der Waals surface area contributed by atoms with Gasteiger partial charge in [-0.25, -0.2) is 8.78 Å². The molecule has 94 valence electrons. The topological polar surface area (TPSA) is 32.3 Å². The van der Waals surface area contributed by atoms with E-state index in [1.165, 1.54) is 6.07 Å². The van der Waals surface area contributed by atoms with Gasteiger partial charge in [0.05, 0.1) is 6.10 Å². The minimum Gasteiger partial charge on any atom is -0.387 e. The highest BCUT2D eigenvalue weighted by Crippen LogP contribution is 2.33. The Morgan fingerprint density at radius 1 is 1.41 bits per heavy atom. The fourth-order valence-electron chi connectivity index (χ4n) is 2.05. The molecule has 0 radical (unpaired) electrons. The van der Waals surface area contributed by atoms with Crippen molar-refractivity contribution in [2.75, 3.05) is 6.54 Å². The molecule has 0 spiro atoms. The van der Waals surface area contributed by atoms with Gasteiger partial charge in [0.1, 0.15) is 0 Å². The van der Waals surface area contributed by atoms with E-state index < -0.39 is 17.7 Å². The van der Waals surface area contributed by atoms with Gasteiger partial charge < -0.3 is 10.4 Å². The number of hydrogen-bond donors (Lipinski definition) is 2. The van der Waals surface area contributed by atoms with Crippen LogP contribution in [0.5, 0.6) is 0 Å². The molecule has 3 atom stereocenters. The van der Waals surface area contributed by atoms with Crippen LogP contribution in [0.3, 0.4) is 0 Å². The molecule has 0 aromatic heterocycles. The molecule has 17 heavy (non-hydrogen) atoms. The Labute approximate surface area is 99.7 Å². The van der Waals surface area contributed by atoms with Crippen LogP contribution >= 0.6 is 0 Å². The van der Waals surface area contributed by atoms with Gasteiger partial charge in [-0.05, 0) is 30.0 Å². The van der Waals surface area contributed by atoms with Crippen LogP contribution in [-0.2, 0) is 0 Å². The van der Waals surface area contributed by atoms with Crippen molar-refractivity contribution in [3.05, 3.63) is 35.4 Å². The first-order valence-electron chi connectivity index (χ1n) is 5.98. The summed E-state index contributed by atoms with van der Waals surface area (Å²) < 4.78 is 25.7. The summed E-state index contributed by atoms with van der Waals surface area (Å²) in [5.41, 5.74) is 0.407. The molecule has 1 saturated carbocycles. The van der Waals surface area contributed by atoms with E-state index in [1.807, 2.05) is 0 Å². The molecule has 0 saturated heterocycles. The molecule has 1 aromatic carbocycles. The van der Waals surface area contributed by atoms with Gasteiger partial charge in [-0.3, -0.25) is 0 Å². The summed E-state index contributed by atoms with van der Waals surface area (Å²) >= 11 is 0. The SMILES string of the molecule is CCC1CC1NCC(O)c1ccc(F)c(F)c1. The van der Waals surface area contributed by atoms with Crippen molar-refractivity contribution in [1.29, 1.82) is 0 Å². The fourth-order valence-corrected chi connectivity index (χ4v) is 2.05. The molecule has 1 aliphatic rings. The zero-order valence-corrected chi connectivity index (χ0v) is 9.79. The number of aliphatic hydroxyl groups excluding tert-OH is 1. The van der Waals surface area contributed by atoms with Crippen molar-refractivity contribution in [2.24, 2.45) is 5.92 Å². The monoisotopic (exact) mass is 241 g/mol. The normalized spacial score (nSPS) is 24.7. The first-order valence-corrected chi connectivity index (χ1v) is 5.98. The summed E-state index contributed by atoms with van der Waals surface area (Å²) in [7, 11) is 0. The molecule has 1 aliphatic carbocycles. The standard InChI is InChI=1S/C13H17F2NO/c1-2-8-6-12(8)16-7-13(17)9-3-4-10(14)11(15)5-9/h3-5,8,12-13,16-17H,2,6-7H2,1H3. The highest BCUT2D eigenvalue weighted by atomic mass is 19.2. The maximum atomic E-state index is 13.0. The number of benzene rings is 1. The lowest BCUT2D eigenvalue weighted by atomic mass is 10.1. The van der Waals surface area contributed by atoms with E-state index in [0.717, 1.165) is 25.0 Å². The van der Waals surface area contributed by atoms with Crippen molar-refractivity contribution >= 4 is 0 Å². The second kappa shape index (κ2) is 5.10. The van der Waals surface area contributed by atoms with Gasteiger partial charge in [0.15, 0.2) is 11.6 Å². The number of halogens is 2. The third-order valence-electron chi connectivity index (χ3n) is 3.35. The highest BCUT2D eigenvalue weighted by Gasteiger charge is 2.34. The Balaban J connectivity index is 1.86. The number of nitrogens with one attached hydrogen (secondary N) is 1. The zero-order chi connectivity index (χ0) is 12.4. The summed E-state index contributed by atoms with van der Waals surface area (Å²) in [6.45, 7) is 2.52. The summed E-state index contributed by atoms with van der Waals surface area (Å²) in [5.74, 6) is -1.10. The summed E-state index contributed by atoms with van der Waals surface area (Å²) in [5, 5.41) is 13.0. The second-order valence-electron chi connectivity index (χ2n) is 4.61. The molecular weight excluding hydrogens is 224 g/mol. The first-order chi connectivity index (χ1) is 8.11. The van der Waals surface area contributed by atoms with Crippen LogP contribution in [0.2, 0.25) is 0 Å². The molecule has 0 bridgehead atoms. The third-order valence-corrected chi connectivity index (χ3v) is 3.35. The highest BCUT2D eigenvalue weighted by molar-refractivity contribution is 5.20. The lowest BCUT2D eigenvalue weighted by Gasteiger charge is -2.12. The maximum Gasteiger partial charge on any atom is 0.159 e. The minimum atomic E-state index is -0.917. The van der Waals surface area contributed by atoms with Crippen LogP contribution in [-0.4, -0.2) is 17.7 Å². The Hall–Kier alpha value is -1.00. The van der Waals surface area contributed by atoms with Crippen LogP contribution in [0.15, 0.2) is 18.2 Å². The van der Waals surface area contributed by atoms with Crippen LogP contribution < -0.4 is 5.32 Å². The van der Waals surface area contributed by atoms with E-state index in [0.29, 0.717) is 24.1 Å². The van der Waals surface area contributed by atoms with Gasteiger partial charge in [0, 0.05) is 12.6 Å². The van der Waals surface area contributed by atoms with Gasteiger partial charge >= 0.3 is 0 Å². The molecule has 4 heteroatoms. The Morgan fingerprint density at radius 3 is 2.76 bits per heavy atom. The van der Waals surface area contributed by atoms with Gasteiger partial charge in [-0.1, -0.05) is 19.4 Å². The smallest absolute Gasteiger partial charge is 0.159 e. The van der Waals surface area contributed by atoms with Crippen LogP contribution in [0.4, 0.5) is 8.78 Å². The largest absolute Gasteiger partial charge is 0.387 e. The first kappa shape index (κ1) is 12.5. The van der Waals surface area contributed by atoms with Crippen molar-refractivity contribution in [1.82, 2.24) is 5.32 Å². The maximum absolute atomic E-state index is 13.0. The number of aliphatic hydroxyl groups is 1. The molecule has 1 fully saturated rings. The Bertz CT molecular complexity index is 397. The van der Waals surface area contributed by atoms with Crippen LogP contribution in [0.25, 0.3) is 0 Å². The molecular formula is C13H17F2NO. The van der Waals surface area contributed by atoms with Crippen molar-refractivity contribution < 1.29 is 13.9 Å². The van der Waals surface area contributed by atoms with E-state index in [4.69, 9.17) is 0 Å². The molecule has 2 N–H and O–H groups in total. The van der Waals surface area contributed by atoms with Crippen molar-refractivity contribution in [3.63, 3.8) is 0 Å². The van der Waals surface area contributed by atoms with E-state index in [1.54, 1.807) is 0 Å². The van der Waals surface area contributed by atoms with E-state index in [2.05, 4.69) is 12.2 Å². The molecule has 2 rings (SSSR count). The third kappa shape index (κ3) is 3.01. The average molecular weight is 241 g/mol. The summed E-state index contributed by atoms with van der Waals surface area (Å²) in [4.78, 5) is 0. The Kier molecular flexibility index (Phi) is 3.74. The van der Waals surface area contributed by atoms with Gasteiger partial charge in [-0.15, -0.1) is 0 Å². The predicted octanol–water partition coefficient (Wildman–Crippen LogP) is 2.39. The summed E-state index contributed by atoms with van der Waals surface area (Å²) in [6, 6.07) is 3.97. The Morgan fingerprint density at radius 2 is 2.18 bits per heavy atom.